The van der Waals surface area contributed by atoms with E-state index in [0.717, 1.165) is 6.07 Å². The SMILES string of the molecule is COc1cc(C=O)cnc1N(C)Cc1ccc(C(F)(F)F)nc1. The maximum absolute atomic E-state index is 12.5. The molecule has 0 spiro atoms. The number of carbonyl (C=O) groups is 1. The molecule has 2 heterocycles. The minimum atomic E-state index is -4.46. The van der Waals surface area contributed by atoms with E-state index >= 15 is 0 Å². The maximum Gasteiger partial charge on any atom is 0.433 e. The fourth-order valence-electron chi connectivity index (χ4n) is 1.99. The lowest BCUT2D eigenvalue weighted by molar-refractivity contribution is -0.141. The van der Waals surface area contributed by atoms with Crippen molar-refractivity contribution in [2.75, 3.05) is 19.1 Å². The molecule has 2 rings (SSSR count). The molecule has 23 heavy (non-hydrogen) atoms. The molecule has 0 saturated heterocycles. The van der Waals surface area contributed by atoms with Crippen molar-refractivity contribution in [1.29, 1.82) is 0 Å². The molecule has 122 valence electrons. The van der Waals surface area contributed by atoms with Crippen LogP contribution in [0.2, 0.25) is 0 Å². The number of carbonyl (C=O) groups excluding carboxylic acids is 1. The number of ether oxygens (including phenoxy) is 1. The van der Waals surface area contributed by atoms with E-state index in [1.54, 1.807) is 11.9 Å². The molecule has 0 fully saturated rings. The summed E-state index contributed by atoms with van der Waals surface area (Å²) < 4.78 is 42.7. The minimum absolute atomic E-state index is 0.287. The van der Waals surface area contributed by atoms with E-state index in [1.165, 1.54) is 31.6 Å². The predicted octanol–water partition coefficient (Wildman–Crippen LogP) is 2.95. The summed E-state index contributed by atoms with van der Waals surface area (Å²) in [5, 5.41) is 0. The molecular weight excluding hydrogens is 311 g/mol. The second-order valence-corrected chi connectivity index (χ2v) is 4.82. The van der Waals surface area contributed by atoms with Crippen LogP contribution in [0.25, 0.3) is 0 Å². The maximum atomic E-state index is 12.5. The lowest BCUT2D eigenvalue weighted by atomic mass is 10.2. The second-order valence-electron chi connectivity index (χ2n) is 4.82. The Bertz CT molecular complexity index is 687. The van der Waals surface area contributed by atoms with Gasteiger partial charge in [-0.25, -0.2) is 4.98 Å². The molecular formula is C15H14F3N3O2. The van der Waals surface area contributed by atoms with Crippen molar-refractivity contribution in [3.8, 4) is 5.75 Å². The number of hydrogen-bond acceptors (Lipinski definition) is 5. The number of methoxy groups -OCH3 is 1. The number of anilines is 1. The Hall–Kier alpha value is -2.64. The van der Waals surface area contributed by atoms with Crippen LogP contribution in [0.15, 0.2) is 30.6 Å². The van der Waals surface area contributed by atoms with Crippen LogP contribution in [0.3, 0.4) is 0 Å². The zero-order chi connectivity index (χ0) is 17.0. The van der Waals surface area contributed by atoms with E-state index in [0.29, 0.717) is 29.0 Å². The Morgan fingerprint density at radius 1 is 1.26 bits per heavy atom. The van der Waals surface area contributed by atoms with Gasteiger partial charge in [-0.15, -0.1) is 0 Å². The van der Waals surface area contributed by atoms with Gasteiger partial charge < -0.3 is 9.64 Å². The molecule has 0 N–H and O–H groups in total. The van der Waals surface area contributed by atoms with Crippen LogP contribution in [0, 0.1) is 0 Å². The zero-order valence-corrected chi connectivity index (χ0v) is 12.5. The summed E-state index contributed by atoms with van der Waals surface area (Å²) in [6, 6.07) is 3.83. The quantitative estimate of drug-likeness (QED) is 0.791. The van der Waals surface area contributed by atoms with Gasteiger partial charge in [0.05, 0.1) is 7.11 Å². The van der Waals surface area contributed by atoms with Gasteiger partial charge in [0.25, 0.3) is 0 Å². The van der Waals surface area contributed by atoms with E-state index in [9.17, 15) is 18.0 Å². The Kier molecular flexibility index (Phi) is 4.83. The molecule has 5 nitrogen and oxygen atoms in total. The fourth-order valence-corrected chi connectivity index (χ4v) is 1.99. The molecule has 8 heteroatoms. The van der Waals surface area contributed by atoms with Crippen molar-refractivity contribution in [3.05, 3.63) is 47.4 Å². The van der Waals surface area contributed by atoms with Crippen LogP contribution in [0.5, 0.6) is 5.75 Å². The third kappa shape index (κ3) is 3.97. The lowest BCUT2D eigenvalue weighted by Crippen LogP contribution is -2.19. The number of aldehydes is 1. The number of aromatic nitrogens is 2. The number of pyridine rings is 2. The van der Waals surface area contributed by atoms with Crippen LogP contribution in [-0.4, -0.2) is 30.4 Å². The molecule has 0 aliphatic rings. The first-order chi connectivity index (χ1) is 10.8. The van der Waals surface area contributed by atoms with Crippen molar-refractivity contribution in [2.24, 2.45) is 0 Å². The van der Waals surface area contributed by atoms with E-state index in [2.05, 4.69) is 9.97 Å². The van der Waals surface area contributed by atoms with Gasteiger partial charge in [-0.2, -0.15) is 13.2 Å². The summed E-state index contributed by atoms with van der Waals surface area (Å²) >= 11 is 0. The van der Waals surface area contributed by atoms with E-state index in [4.69, 9.17) is 4.74 Å². The van der Waals surface area contributed by atoms with Gasteiger partial charge in [-0.3, -0.25) is 9.78 Å². The van der Waals surface area contributed by atoms with Crippen molar-refractivity contribution in [2.45, 2.75) is 12.7 Å². The summed E-state index contributed by atoms with van der Waals surface area (Å²) in [6.45, 7) is 0.287. The average molecular weight is 325 g/mol. The number of alkyl halides is 3. The van der Waals surface area contributed by atoms with Crippen LogP contribution in [0.4, 0.5) is 19.0 Å². The van der Waals surface area contributed by atoms with Gasteiger partial charge in [0.15, 0.2) is 17.9 Å². The molecule has 0 aromatic carbocycles. The molecule has 0 bridgehead atoms. The van der Waals surface area contributed by atoms with Crippen LogP contribution in [0.1, 0.15) is 21.6 Å². The van der Waals surface area contributed by atoms with Crippen molar-refractivity contribution >= 4 is 12.1 Å². The Morgan fingerprint density at radius 2 is 2.00 bits per heavy atom. The summed E-state index contributed by atoms with van der Waals surface area (Å²) in [5.74, 6) is 0.870. The van der Waals surface area contributed by atoms with Gasteiger partial charge in [0.1, 0.15) is 5.69 Å². The summed E-state index contributed by atoms with van der Waals surface area (Å²) in [7, 11) is 3.16. The Balaban J connectivity index is 2.19. The summed E-state index contributed by atoms with van der Waals surface area (Å²) in [5.41, 5.74) is 0.0222. The van der Waals surface area contributed by atoms with Crippen molar-refractivity contribution in [1.82, 2.24) is 9.97 Å². The second kappa shape index (κ2) is 6.64. The van der Waals surface area contributed by atoms with Gasteiger partial charge in [-0.05, 0) is 17.7 Å². The molecule has 0 atom stereocenters. The largest absolute Gasteiger partial charge is 0.493 e. The number of rotatable bonds is 5. The fraction of sp³-hybridized carbons (Fsp3) is 0.267. The Labute approximate surface area is 130 Å². The molecule has 2 aromatic rings. The minimum Gasteiger partial charge on any atom is -0.493 e. The van der Waals surface area contributed by atoms with E-state index < -0.39 is 11.9 Å². The van der Waals surface area contributed by atoms with E-state index in [1.807, 2.05) is 0 Å². The molecule has 0 radical (unpaired) electrons. The highest BCUT2D eigenvalue weighted by atomic mass is 19.4. The summed E-state index contributed by atoms with van der Waals surface area (Å²) in [6.07, 6.45) is -1.24. The first-order valence-electron chi connectivity index (χ1n) is 6.57. The van der Waals surface area contributed by atoms with E-state index in [-0.39, 0.29) is 6.54 Å². The van der Waals surface area contributed by atoms with Gasteiger partial charge >= 0.3 is 6.18 Å². The summed E-state index contributed by atoms with van der Waals surface area (Å²) in [4.78, 5) is 20.0. The van der Waals surface area contributed by atoms with Crippen LogP contribution in [-0.2, 0) is 12.7 Å². The highest BCUT2D eigenvalue weighted by Gasteiger charge is 2.32. The molecule has 0 unspecified atom stereocenters. The molecule has 0 amide bonds. The standard InChI is InChI=1S/C15H14F3N3O2/c1-21(14-12(23-2)5-11(9-22)7-20-14)8-10-3-4-13(19-6-10)15(16,17)18/h3-7,9H,8H2,1-2H3. The molecule has 0 aliphatic heterocycles. The van der Waals surface area contributed by atoms with Gasteiger partial charge in [0, 0.05) is 31.5 Å². The molecule has 0 saturated carbocycles. The Morgan fingerprint density at radius 3 is 2.52 bits per heavy atom. The smallest absolute Gasteiger partial charge is 0.433 e. The first kappa shape index (κ1) is 16.7. The van der Waals surface area contributed by atoms with Gasteiger partial charge in [0.2, 0.25) is 0 Å². The highest BCUT2D eigenvalue weighted by molar-refractivity contribution is 5.76. The zero-order valence-electron chi connectivity index (χ0n) is 12.5. The third-order valence-corrected chi connectivity index (χ3v) is 3.11. The monoisotopic (exact) mass is 325 g/mol. The third-order valence-electron chi connectivity index (χ3n) is 3.11. The topological polar surface area (TPSA) is 55.3 Å². The normalized spacial score (nSPS) is 11.2. The molecule has 0 aliphatic carbocycles. The molecule has 2 aromatic heterocycles. The predicted molar refractivity (Wildman–Crippen MR) is 77.5 cm³/mol. The van der Waals surface area contributed by atoms with Crippen LogP contribution < -0.4 is 9.64 Å². The number of hydrogen-bond donors (Lipinski definition) is 0. The number of nitrogens with zero attached hydrogens (tertiary/aromatic N) is 3. The highest BCUT2D eigenvalue weighted by Crippen LogP contribution is 2.28. The number of halogens is 3. The first-order valence-corrected chi connectivity index (χ1v) is 6.57. The lowest BCUT2D eigenvalue weighted by Gasteiger charge is -2.20. The average Bonchev–Trinajstić information content (AvgIpc) is 2.53. The van der Waals surface area contributed by atoms with Gasteiger partial charge in [-0.1, -0.05) is 6.07 Å². The van der Waals surface area contributed by atoms with Crippen molar-refractivity contribution in [3.63, 3.8) is 0 Å². The van der Waals surface area contributed by atoms with Crippen molar-refractivity contribution < 1.29 is 22.7 Å². The van der Waals surface area contributed by atoms with Crippen LogP contribution >= 0.6 is 0 Å².